The van der Waals surface area contributed by atoms with Crippen LogP contribution in [-0.2, 0) is 0 Å². The summed E-state index contributed by atoms with van der Waals surface area (Å²) in [4.78, 5) is 27.5. The van der Waals surface area contributed by atoms with Crippen molar-refractivity contribution in [3.63, 3.8) is 0 Å². The predicted molar refractivity (Wildman–Crippen MR) is 69.8 cm³/mol. The van der Waals surface area contributed by atoms with Gasteiger partial charge >= 0.3 is 0 Å². The van der Waals surface area contributed by atoms with Crippen molar-refractivity contribution >= 4 is 23.2 Å². The molecule has 1 aliphatic rings. The van der Waals surface area contributed by atoms with Gasteiger partial charge in [0.15, 0.2) is 5.01 Å². The number of hydrogen-bond acceptors (Lipinski definition) is 4. The lowest BCUT2D eigenvalue weighted by Gasteiger charge is -2.05. The summed E-state index contributed by atoms with van der Waals surface area (Å²) in [5.74, 6) is 0.000975. The lowest BCUT2D eigenvalue weighted by atomic mass is 10.2. The van der Waals surface area contributed by atoms with Crippen LogP contribution in [0.4, 0.5) is 0 Å². The van der Waals surface area contributed by atoms with Gasteiger partial charge in [-0.1, -0.05) is 13.8 Å². The van der Waals surface area contributed by atoms with Crippen molar-refractivity contribution in [1.82, 2.24) is 15.6 Å². The van der Waals surface area contributed by atoms with Crippen LogP contribution in [0, 0.1) is 5.92 Å². The highest BCUT2D eigenvalue weighted by Gasteiger charge is 2.25. The van der Waals surface area contributed by atoms with Crippen molar-refractivity contribution in [2.75, 3.05) is 6.54 Å². The molecule has 5 nitrogen and oxygen atoms in total. The van der Waals surface area contributed by atoms with Crippen molar-refractivity contribution < 1.29 is 9.59 Å². The van der Waals surface area contributed by atoms with E-state index in [1.54, 1.807) is 5.38 Å². The van der Waals surface area contributed by atoms with Crippen LogP contribution in [0.15, 0.2) is 5.38 Å². The van der Waals surface area contributed by atoms with Gasteiger partial charge in [-0.3, -0.25) is 9.59 Å². The highest BCUT2D eigenvalue weighted by Crippen LogP contribution is 2.20. The highest BCUT2D eigenvalue weighted by molar-refractivity contribution is 7.11. The van der Waals surface area contributed by atoms with E-state index in [0.29, 0.717) is 29.2 Å². The van der Waals surface area contributed by atoms with E-state index in [-0.39, 0.29) is 11.8 Å². The molecule has 0 unspecified atom stereocenters. The number of aromatic nitrogens is 1. The Labute approximate surface area is 110 Å². The molecule has 0 atom stereocenters. The summed E-state index contributed by atoms with van der Waals surface area (Å²) in [6.07, 6.45) is 2.08. The second-order valence-electron chi connectivity index (χ2n) is 4.89. The number of hydrogen-bond donors (Lipinski definition) is 2. The Morgan fingerprint density at radius 1 is 1.44 bits per heavy atom. The van der Waals surface area contributed by atoms with Crippen LogP contribution < -0.4 is 10.6 Å². The number of nitrogens with zero attached hydrogens (tertiary/aromatic N) is 1. The molecule has 2 N–H and O–H groups in total. The zero-order chi connectivity index (χ0) is 13.1. The van der Waals surface area contributed by atoms with E-state index in [1.165, 1.54) is 11.3 Å². The Balaban J connectivity index is 1.91. The van der Waals surface area contributed by atoms with Gasteiger partial charge in [-0.15, -0.1) is 11.3 Å². The van der Waals surface area contributed by atoms with Gasteiger partial charge in [-0.2, -0.15) is 0 Å². The fourth-order valence-electron chi connectivity index (χ4n) is 1.34. The van der Waals surface area contributed by atoms with Crippen LogP contribution in [0.1, 0.15) is 47.0 Å². The molecule has 18 heavy (non-hydrogen) atoms. The van der Waals surface area contributed by atoms with Crippen LogP contribution in [0.3, 0.4) is 0 Å². The van der Waals surface area contributed by atoms with Crippen LogP contribution in [0.2, 0.25) is 0 Å². The summed E-state index contributed by atoms with van der Waals surface area (Å²) in [6, 6.07) is 0.305. The minimum absolute atomic E-state index is 0.176. The van der Waals surface area contributed by atoms with Gasteiger partial charge < -0.3 is 10.6 Å². The Morgan fingerprint density at radius 3 is 2.78 bits per heavy atom. The average Bonchev–Trinajstić information content (AvgIpc) is 2.98. The standard InChI is InChI=1S/C12H17N3O2S/c1-7(2)5-13-10(16)9-6-18-12(15-9)11(17)14-8-3-4-8/h6-8H,3-5H2,1-2H3,(H,13,16)(H,14,17). The number of nitrogens with one attached hydrogen (secondary N) is 2. The first-order chi connectivity index (χ1) is 8.56. The minimum atomic E-state index is -0.217. The third-order valence-corrected chi connectivity index (χ3v) is 3.36. The molecule has 0 aromatic carbocycles. The molecular formula is C12H17N3O2S. The van der Waals surface area contributed by atoms with Gasteiger partial charge in [-0.25, -0.2) is 4.98 Å². The zero-order valence-electron chi connectivity index (χ0n) is 10.5. The first-order valence-electron chi connectivity index (χ1n) is 6.11. The van der Waals surface area contributed by atoms with Gasteiger partial charge in [0.05, 0.1) is 0 Å². The molecule has 2 rings (SSSR count). The first-order valence-corrected chi connectivity index (χ1v) is 6.99. The Morgan fingerprint density at radius 2 is 2.17 bits per heavy atom. The maximum Gasteiger partial charge on any atom is 0.280 e. The molecule has 1 fully saturated rings. The second-order valence-corrected chi connectivity index (χ2v) is 5.75. The first kappa shape index (κ1) is 13.0. The van der Waals surface area contributed by atoms with E-state index in [9.17, 15) is 9.59 Å². The molecule has 6 heteroatoms. The van der Waals surface area contributed by atoms with E-state index in [1.807, 2.05) is 13.8 Å². The lowest BCUT2D eigenvalue weighted by molar-refractivity contribution is 0.0944. The molecule has 1 heterocycles. The Kier molecular flexibility index (Phi) is 3.96. The number of rotatable bonds is 5. The van der Waals surface area contributed by atoms with Gasteiger partial charge in [0.25, 0.3) is 11.8 Å². The molecule has 0 bridgehead atoms. The van der Waals surface area contributed by atoms with Crippen molar-refractivity contribution in [3.8, 4) is 0 Å². The molecule has 1 aromatic rings. The van der Waals surface area contributed by atoms with Crippen LogP contribution >= 0.6 is 11.3 Å². The molecule has 0 saturated heterocycles. The van der Waals surface area contributed by atoms with E-state index in [2.05, 4.69) is 15.6 Å². The molecular weight excluding hydrogens is 250 g/mol. The monoisotopic (exact) mass is 267 g/mol. The van der Waals surface area contributed by atoms with Crippen molar-refractivity contribution in [1.29, 1.82) is 0 Å². The van der Waals surface area contributed by atoms with E-state index < -0.39 is 0 Å². The summed E-state index contributed by atoms with van der Waals surface area (Å²) in [6.45, 7) is 4.66. The number of carbonyl (C=O) groups is 2. The third kappa shape index (κ3) is 3.53. The lowest BCUT2D eigenvalue weighted by Crippen LogP contribution is -2.28. The number of thiazole rings is 1. The molecule has 98 valence electrons. The molecule has 0 radical (unpaired) electrons. The predicted octanol–water partition coefficient (Wildman–Crippen LogP) is 1.42. The van der Waals surface area contributed by atoms with Crippen molar-refractivity contribution in [3.05, 3.63) is 16.1 Å². The quantitative estimate of drug-likeness (QED) is 0.847. The van der Waals surface area contributed by atoms with E-state index in [0.717, 1.165) is 12.8 Å². The van der Waals surface area contributed by atoms with Crippen LogP contribution in [0.25, 0.3) is 0 Å². The van der Waals surface area contributed by atoms with Gasteiger partial charge in [0, 0.05) is 18.0 Å². The van der Waals surface area contributed by atoms with Gasteiger partial charge in [0.1, 0.15) is 5.69 Å². The normalized spacial score (nSPS) is 14.6. The SMILES string of the molecule is CC(C)CNC(=O)c1csc(C(=O)NC2CC2)n1. The van der Waals surface area contributed by atoms with Crippen molar-refractivity contribution in [2.24, 2.45) is 5.92 Å². The second kappa shape index (κ2) is 5.48. The molecule has 0 spiro atoms. The van der Waals surface area contributed by atoms with E-state index >= 15 is 0 Å². The zero-order valence-corrected chi connectivity index (χ0v) is 11.3. The van der Waals surface area contributed by atoms with E-state index in [4.69, 9.17) is 0 Å². The summed E-state index contributed by atoms with van der Waals surface area (Å²) < 4.78 is 0. The highest BCUT2D eigenvalue weighted by atomic mass is 32.1. The molecule has 1 saturated carbocycles. The molecule has 2 amide bonds. The largest absolute Gasteiger partial charge is 0.350 e. The Bertz CT molecular complexity index is 452. The van der Waals surface area contributed by atoms with Crippen LogP contribution in [-0.4, -0.2) is 29.4 Å². The fourth-order valence-corrected chi connectivity index (χ4v) is 2.04. The fraction of sp³-hybridized carbons (Fsp3) is 0.583. The molecule has 1 aromatic heterocycles. The average molecular weight is 267 g/mol. The summed E-state index contributed by atoms with van der Waals surface area (Å²) in [7, 11) is 0. The maximum absolute atomic E-state index is 11.7. The summed E-state index contributed by atoms with van der Waals surface area (Å²) in [5.41, 5.74) is 0.321. The topological polar surface area (TPSA) is 71.1 Å². The Hall–Kier alpha value is -1.43. The summed E-state index contributed by atoms with van der Waals surface area (Å²) >= 11 is 1.21. The smallest absolute Gasteiger partial charge is 0.280 e. The summed E-state index contributed by atoms with van der Waals surface area (Å²) in [5, 5.41) is 7.61. The molecule has 0 aliphatic heterocycles. The van der Waals surface area contributed by atoms with Gasteiger partial charge in [-0.05, 0) is 18.8 Å². The van der Waals surface area contributed by atoms with Gasteiger partial charge in [0.2, 0.25) is 0 Å². The van der Waals surface area contributed by atoms with Crippen molar-refractivity contribution in [2.45, 2.75) is 32.7 Å². The van der Waals surface area contributed by atoms with Crippen LogP contribution in [0.5, 0.6) is 0 Å². The minimum Gasteiger partial charge on any atom is -0.350 e. The number of carbonyl (C=O) groups excluding carboxylic acids is 2. The maximum atomic E-state index is 11.7. The number of amides is 2. The third-order valence-electron chi connectivity index (χ3n) is 2.51. The molecule has 1 aliphatic carbocycles.